The van der Waals surface area contributed by atoms with Gasteiger partial charge >= 0.3 is 11.9 Å². The minimum atomic E-state index is -1.51. The van der Waals surface area contributed by atoms with E-state index in [2.05, 4.69) is 16.0 Å². The van der Waals surface area contributed by atoms with Crippen molar-refractivity contribution in [3.05, 3.63) is 29.8 Å². The van der Waals surface area contributed by atoms with Crippen LogP contribution < -0.4 is 21.7 Å². The molecule has 4 atom stereocenters. The number of aromatic hydroxyl groups is 1. The van der Waals surface area contributed by atoms with Crippen LogP contribution in [0.2, 0.25) is 0 Å². The van der Waals surface area contributed by atoms with E-state index >= 15 is 0 Å². The molecule has 13 heteroatoms. The van der Waals surface area contributed by atoms with E-state index in [0.29, 0.717) is 5.56 Å². The van der Waals surface area contributed by atoms with Gasteiger partial charge in [0.25, 0.3) is 0 Å². The number of nitrogens with one attached hydrogen (secondary N) is 3. The van der Waals surface area contributed by atoms with Gasteiger partial charge < -0.3 is 42.1 Å². The summed E-state index contributed by atoms with van der Waals surface area (Å²) in [6.45, 7) is 2.63. The number of carbonyl (C=O) groups is 5. The fourth-order valence-electron chi connectivity index (χ4n) is 3.01. The molecule has 1 aromatic rings. The van der Waals surface area contributed by atoms with Crippen LogP contribution in [0, 0.1) is 5.92 Å². The van der Waals surface area contributed by atoms with Crippen molar-refractivity contribution in [1.82, 2.24) is 16.0 Å². The summed E-state index contributed by atoms with van der Waals surface area (Å²) < 4.78 is 0. The van der Waals surface area contributed by atoms with Crippen LogP contribution in [0.15, 0.2) is 24.3 Å². The zero-order chi connectivity index (χ0) is 26.7. The van der Waals surface area contributed by atoms with Crippen LogP contribution in [0.1, 0.15) is 32.3 Å². The number of amides is 3. The number of carbonyl (C=O) groups excluding carboxylic acids is 3. The molecule has 0 saturated carbocycles. The first kappa shape index (κ1) is 29.3. The molecular weight excluding hydrogens is 464 g/mol. The number of nitrogens with two attached hydrogens (primary N) is 1. The molecular formula is C22H32N4O9. The highest BCUT2D eigenvalue weighted by atomic mass is 16.4. The quantitative estimate of drug-likeness (QED) is 0.146. The SMILES string of the molecule is CC(C)C(NC(=O)C(N)CO)C(=O)NC(Cc1ccc(O)cc1)C(=O)NC(CCC(=O)O)C(=O)O. The van der Waals surface area contributed by atoms with Gasteiger partial charge in [-0.1, -0.05) is 26.0 Å². The van der Waals surface area contributed by atoms with E-state index in [0.717, 1.165) is 0 Å². The molecule has 0 saturated heterocycles. The lowest BCUT2D eigenvalue weighted by Gasteiger charge is -2.27. The van der Waals surface area contributed by atoms with Crippen molar-refractivity contribution >= 4 is 29.7 Å². The van der Waals surface area contributed by atoms with Crippen LogP contribution in [0.25, 0.3) is 0 Å². The highest BCUT2D eigenvalue weighted by Crippen LogP contribution is 2.13. The third-order valence-corrected chi connectivity index (χ3v) is 5.05. The summed E-state index contributed by atoms with van der Waals surface area (Å²) in [7, 11) is 0. The summed E-state index contributed by atoms with van der Waals surface area (Å²) in [5.41, 5.74) is 6.01. The molecule has 0 radical (unpaired) electrons. The molecule has 35 heavy (non-hydrogen) atoms. The van der Waals surface area contributed by atoms with E-state index in [1.165, 1.54) is 24.3 Å². The van der Waals surface area contributed by atoms with Crippen molar-refractivity contribution in [2.45, 2.75) is 57.3 Å². The van der Waals surface area contributed by atoms with Crippen molar-refractivity contribution in [3.8, 4) is 5.75 Å². The molecule has 1 aromatic carbocycles. The number of hydrogen-bond donors (Lipinski definition) is 8. The highest BCUT2D eigenvalue weighted by molar-refractivity contribution is 5.94. The van der Waals surface area contributed by atoms with Gasteiger partial charge in [0.15, 0.2) is 0 Å². The summed E-state index contributed by atoms with van der Waals surface area (Å²) in [4.78, 5) is 60.3. The molecule has 0 fully saturated rings. The van der Waals surface area contributed by atoms with Gasteiger partial charge in [0, 0.05) is 12.8 Å². The fraction of sp³-hybridized carbons (Fsp3) is 0.500. The lowest BCUT2D eigenvalue weighted by molar-refractivity contribution is -0.143. The van der Waals surface area contributed by atoms with Crippen LogP contribution in [0.3, 0.4) is 0 Å². The van der Waals surface area contributed by atoms with Gasteiger partial charge in [-0.3, -0.25) is 19.2 Å². The Morgan fingerprint density at radius 1 is 0.886 bits per heavy atom. The van der Waals surface area contributed by atoms with Crippen LogP contribution in [0.5, 0.6) is 5.75 Å². The minimum absolute atomic E-state index is 0.0267. The zero-order valence-electron chi connectivity index (χ0n) is 19.4. The third-order valence-electron chi connectivity index (χ3n) is 5.05. The molecule has 9 N–H and O–H groups in total. The van der Waals surface area contributed by atoms with Crippen molar-refractivity contribution in [1.29, 1.82) is 0 Å². The molecule has 0 aliphatic rings. The van der Waals surface area contributed by atoms with Gasteiger partial charge in [-0.05, 0) is 30.0 Å². The van der Waals surface area contributed by atoms with Crippen LogP contribution in [-0.2, 0) is 30.4 Å². The Bertz CT molecular complexity index is 905. The van der Waals surface area contributed by atoms with E-state index in [1.807, 2.05) is 0 Å². The number of aliphatic hydroxyl groups is 1. The molecule has 0 spiro atoms. The van der Waals surface area contributed by atoms with Gasteiger partial charge in [-0.2, -0.15) is 0 Å². The molecule has 13 nitrogen and oxygen atoms in total. The number of aliphatic carboxylic acids is 2. The number of aliphatic hydroxyl groups excluding tert-OH is 1. The third kappa shape index (κ3) is 9.98. The molecule has 0 aliphatic heterocycles. The minimum Gasteiger partial charge on any atom is -0.508 e. The Labute approximate surface area is 201 Å². The largest absolute Gasteiger partial charge is 0.508 e. The predicted octanol–water partition coefficient (Wildman–Crippen LogP) is -1.69. The standard InChI is InChI=1S/C22H32N4O9/c1-11(2)18(26-19(31)14(23)10-27)21(33)25-16(9-12-3-5-13(28)6-4-12)20(32)24-15(22(34)35)7-8-17(29)30/h3-6,11,14-16,18,27-28H,7-10,23H2,1-2H3,(H,24,32)(H,25,33)(H,26,31)(H,29,30)(H,34,35). The van der Waals surface area contributed by atoms with E-state index < -0.39 is 72.8 Å². The number of phenolic OH excluding ortho intramolecular Hbond substituents is 1. The Balaban J connectivity index is 3.13. The van der Waals surface area contributed by atoms with E-state index in [9.17, 15) is 34.2 Å². The molecule has 194 valence electrons. The summed E-state index contributed by atoms with van der Waals surface area (Å²) >= 11 is 0. The fourth-order valence-corrected chi connectivity index (χ4v) is 3.01. The van der Waals surface area contributed by atoms with E-state index in [-0.39, 0.29) is 18.6 Å². The smallest absolute Gasteiger partial charge is 0.326 e. The van der Waals surface area contributed by atoms with Crippen LogP contribution in [0.4, 0.5) is 0 Å². The van der Waals surface area contributed by atoms with Gasteiger partial charge in [0.05, 0.1) is 6.61 Å². The maximum Gasteiger partial charge on any atom is 0.326 e. The highest BCUT2D eigenvalue weighted by Gasteiger charge is 2.32. The lowest BCUT2D eigenvalue weighted by atomic mass is 10.00. The topological polar surface area (TPSA) is 228 Å². The average molecular weight is 497 g/mol. The van der Waals surface area contributed by atoms with Gasteiger partial charge in [0.1, 0.15) is 29.9 Å². The predicted molar refractivity (Wildman–Crippen MR) is 122 cm³/mol. The maximum atomic E-state index is 13.0. The van der Waals surface area contributed by atoms with Crippen LogP contribution in [-0.4, -0.2) is 80.9 Å². The van der Waals surface area contributed by atoms with Crippen molar-refractivity contribution in [2.75, 3.05) is 6.61 Å². The van der Waals surface area contributed by atoms with Crippen molar-refractivity contribution < 1.29 is 44.4 Å². The first-order chi connectivity index (χ1) is 16.3. The molecule has 1 rings (SSSR count). The number of benzene rings is 1. The second-order valence-electron chi connectivity index (χ2n) is 8.28. The van der Waals surface area contributed by atoms with Gasteiger partial charge in [-0.25, -0.2) is 4.79 Å². The number of carboxylic acids is 2. The van der Waals surface area contributed by atoms with Crippen LogP contribution >= 0.6 is 0 Å². The summed E-state index contributed by atoms with van der Waals surface area (Å²) in [6, 6.07) is 0.539. The Hall–Kier alpha value is -3.71. The monoisotopic (exact) mass is 496 g/mol. The summed E-state index contributed by atoms with van der Waals surface area (Å²) in [6.07, 6.45) is -0.975. The molecule has 0 bridgehead atoms. The van der Waals surface area contributed by atoms with E-state index in [4.69, 9.17) is 15.9 Å². The number of phenols is 1. The first-order valence-electron chi connectivity index (χ1n) is 10.9. The molecule has 0 aliphatic carbocycles. The van der Waals surface area contributed by atoms with Gasteiger partial charge in [0.2, 0.25) is 17.7 Å². The van der Waals surface area contributed by atoms with Crippen molar-refractivity contribution in [3.63, 3.8) is 0 Å². The Kier molecular flexibility index (Phi) is 11.6. The lowest BCUT2D eigenvalue weighted by Crippen LogP contribution is -2.59. The van der Waals surface area contributed by atoms with Crippen molar-refractivity contribution in [2.24, 2.45) is 11.7 Å². The summed E-state index contributed by atoms with van der Waals surface area (Å²) in [5, 5.41) is 43.9. The normalized spacial score (nSPS) is 14.3. The molecule has 4 unspecified atom stereocenters. The molecule has 3 amide bonds. The second-order valence-corrected chi connectivity index (χ2v) is 8.28. The average Bonchev–Trinajstić information content (AvgIpc) is 2.79. The first-order valence-corrected chi connectivity index (χ1v) is 10.9. The molecule has 0 heterocycles. The number of rotatable bonds is 14. The van der Waals surface area contributed by atoms with E-state index in [1.54, 1.807) is 13.8 Å². The Morgan fingerprint density at radius 3 is 1.94 bits per heavy atom. The summed E-state index contributed by atoms with van der Waals surface area (Å²) in [5.74, 6) is -5.57. The van der Waals surface area contributed by atoms with Gasteiger partial charge in [-0.15, -0.1) is 0 Å². The second kappa shape index (κ2) is 13.9. The zero-order valence-corrected chi connectivity index (χ0v) is 19.4. The number of hydrogen-bond acceptors (Lipinski definition) is 8. The maximum absolute atomic E-state index is 13.0. The molecule has 0 aromatic heterocycles. The number of carboxylic acid groups (broad SMARTS) is 2. The Morgan fingerprint density at radius 2 is 1.46 bits per heavy atom.